The fourth-order valence-electron chi connectivity index (χ4n) is 2.21. The first-order valence-corrected chi connectivity index (χ1v) is 7.18. The van der Waals surface area contributed by atoms with E-state index in [1.165, 1.54) is 18.4 Å². The van der Waals surface area contributed by atoms with Crippen molar-refractivity contribution < 1.29 is 4.74 Å². The Labute approximate surface area is 119 Å². The summed E-state index contributed by atoms with van der Waals surface area (Å²) in [5.41, 5.74) is 1.17. The van der Waals surface area contributed by atoms with E-state index in [-0.39, 0.29) is 0 Å². The van der Waals surface area contributed by atoms with E-state index in [0.29, 0.717) is 16.1 Å². The summed E-state index contributed by atoms with van der Waals surface area (Å²) in [6.07, 6.45) is 2.37. The topological polar surface area (TPSA) is 21.3 Å². The minimum Gasteiger partial charge on any atom is -0.381 e. The van der Waals surface area contributed by atoms with Gasteiger partial charge in [0.25, 0.3) is 0 Å². The molecule has 0 aliphatic carbocycles. The van der Waals surface area contributed by atoms with E-state index in [0.717, 1.165) is 25.7 Å². The average Bonchev–Trinajstić information content (AvgIpc) is 2.85. The maximum absolute atomic E-state index is 6.02. The van der Waals surface area contributed by atoms with E-state index in [1.54, 1.807) is 0 Å². The van der Waals surface area contributed by atoms with Gasteiger partial charge in [0.1, 0.15) is 0 Å². The van der Waals surface area contributed by atoms with Crippen molar-refractivity contribution in [1.82, 2.24) is 5.32 Å². The molecule has 2 nitrogen and oxygen atoms in total. The summed E-state index contributed by atoms with van der Waals surface area (Å²) in [6, 6.07) is 6.09. The van der Waals surface area contributed by atoms with E-state index in [9.17, 15) is 0 Å². The lowest BCUT2D eigenvalue weighted by Gasteiger charge is -2.16. The van der Waals surface area contributed by atoms with Crippen LogP contribution in [0.5, 0.6) is 0 Å². The molecule has 1 aromatic rings. The molecular weight excluding hydrogens is 269 g/mol. The lowest BCUT2D eigenvalue weighted by atomic mass is 10.0. The Morgan fingerprint density at radius 2 is 2.22 bits per heavy atom. The highest BCUT2D eigenvalue weighted by Crippen LogP contribution is 2.25. The quantitative estimate of drug-likeness (QED) is 0.881. The summed E-state index contributed by atoms with van der Waals surface area (Å²) in [4.78, 5) is 0. The van der Waals surface area contributed by atoms with Crippen LogP contribution in [0.25, 0.3) is 0 Å². The zero-order valence-corrected chi connectivity index (χ0v) is 12.1. The first-order chi connectivity index (χ1) is 8.66. The third-order valence-electron chi connectivity index (χ3n) is 3.47. The van der Waals surface area contributed by atoms with Gasteiger partial charge in [-0.25, -0.2) is 0 Å². The summed E-state index contributed by atoms with van der Waals surface area (Å²) in [7, 11) is 0. The fourth-order valence-corrected chi connectivity index (χ4v) is 2.52. The molecule has 0 aromatic heterocycles. The molecule has 1 aliphatic rings. The first-order valence-electron chi connectivity index (χ1n) is 6.43. The van der Waals surface area contributed by atoms with E-state index in [1.807, 2.05) is 18.2 Å². The standard InChI is InChI=1S/C14H19Cl2NO/c1-10(12-2-3-13(15)14(16)8-12)17-6-4-11-5-7-18-9-11/h2-3,8,10-11,17H,4-7,9H2,1H3. The molecule has 0 spiro atoms. The van der Waals surface area contributed by atoms with Crippen LogP contribution in [0.4, 0.5) is 0 Å². The number of benzene rings is 1. The van der Waals surface area contributed by atoms with Crippen LogP contribution in [0.1, 0.15) is 31.4 Å². The Hall–Kier alpha value is -0.280. The molecule has 0 bridgehead atoms. The lowest BCUT2D eigenvalue weighted by molar-refractivity contribution is 0.184. The monoisotopic (exact) mass is 287 g/mol. The molecule has 18 heavy (non-hydrogen) atoms. The van der Waals surface area contributed by atoms with Gasteiger partial charge in [-0.05, 0) is 49.9 Å². The highest BCUT2D eigenvalue weighted by molar-refractivity contribution is 6.42. The second kappa shape index (κ2) is 6.76. The molecule has 1 fully saturated rings. The van der Waals surface area contributed by atoms with Crippen LogP contribution in [0, 0.1) is 5.92 Å². The number of halogens is 2. The van der Waals surface area contributed by atoms with Gasteiger partial charge in [-0.1, -0.05) is 29.3 Å². The van der Waals surface area contributed by atoms with Crippen molar-refractivity contribution >= 4 is 23.2 Å². The summed E-state index contributed by atoms with van der Waals surface area (Å²) >= 11 is 11.9. The maximum atomic E-state index is 6.02. The zero-order valence-electron chi connectivity index (χ0n) is 10.6. The lowest BCUT2D eigenvalue weighted by Crippen LogP contribution is -2.22. The molecule has 4 heteroatoms. The Kier molecular flexibility index (Phi) is 5.31. The number of rotatable bonds is 5. The van der Waals surface area contributed by atoms with Gasteiger partial charge in [0.2, 0.25) is 0 Å². The average molecular weight is 288 g/mol. The molecule has 1 heterocycles. The molecule has 100 valence electrons. The van der Waals surface area contributed by atoms with Crippen LogP contribution in [-0.2, 0) is 4.74 Å². The fraction of sp³-hybridized carbons (Fsp3) is 0.571. The summed E-state index contributed by atoms with van der Waals surface area (Å²) in [5.74, 6) is 0.721. The van der Waals surface area contributed by atoms with Gasteiger partial charge in [-0.2, -0.15) is 0 Å². The molecular formula is C14H19Cl2NO. The molecule has 1 aromatic carbocycles. The van der Waals surface area contributed by atoms with Crippen LogP contribution in [0.2, 0.25) is 10.0 Å². The molecule has 1 N–H and O–H groups in total. The first kappa shape index (κ1) is 14.1. The van der Waals surface area contributed by atoms with Crippen LogP contribution >= 0.6 is 23.2 Å². The highest BCUT2D eigenvalue weighted by atomic mass is 35.5. The van der Waals surface area contributed by atoms with Gasteiger partial charge in [0.15, 0.2) is 0 Å². The predicted molar refractivity (Wildman–Crippen MR) is 76.4 cm³/mol. The van der Waals surface area contributed by atoms with Crippen molar-refractivity contribution in [2.75, 3.05) is 19.8 Å². The Morgan fingerprint density at radius 3 is 2.89 bits per heavy atom. The van der Waals surface area contributed by atoms with Gasteiger partial charge in [-0.15, -0.1) is 0 Å². The molecule has 0 amide bonds. The van der Waals surface area contributed by atoms with Gasteiger partial charge < -0.3 is 10.1 Å². The third kappa shape index (κ3) is 3.86. The van der Waals surface area contributed by atoms with Gasteiger partial charge in [0.05, 0.1) is 10.0 Å². The number of nitrogens with one attached hydrogen (secondary N) is 1. The van der Waals surface area contributed by atoms with Crippen LogP contribution in [-0.4, -0.2) is 19.8 Å². The summed E-state index contributed by atoms with van der Waals surface area (Å²) in [6.45, 7) is 5.00. The molecule has 2 atom stereocenters. The third-order valence-corrected chi connectivity index (χ3v) is 4.21. The van der Waals surface area contributed by atoms with Crippen molar-refractivity contribution in [3.63, 3.8) is 0 Å². The van der Waals surface area contributed by atoms with Crippen LogP contribution < -0.4 is 5.32 Å². The maximum Gasteiger partial charge on any atom is 0.0595 e. The van der Waals surface area contributed by atoms with E-state index < -0.39 is 0 Å². The smallest absolute Gasteiger partial charge is 0.0595 e. The Balaban J connectivity index is 1.79. The molecule has 0 radical (unpaired) electrons. The molecule has 0 saturated carbocycles. The van der Waals surface area contributed by atoms with Crippen molar-refractivity contribution in [1.29, 1.82) is 0 Å². The highest BCUT2D eigenvalue weighted by Gasteiger charge is 2.15. The normalized spacial score (nSPS) is 21.2. The van der Waals surface area contributed by atoms with Crippen molar-refractivity contribution in [3.05, 3.63) is 33.8 Å². The number of ether oxygens (including phenoxy) is 1. The second-order valence-electron chi connectivity index (χ2n) is 4.87. The van der Waals surface area contributed by atoms with Crippen molar-refractivity contribution in [2.24, 2.45) is 5.92 Å². The molecule has 1 aliphatic heterocycles. The van der Waals surface area contributed by atoms with E-state index in [2.05, 4.69) is 12.2 Å². The van der Waals surface area contributed by atoms with E-state index in [4.69, 9.17) is 27.9 Å². The molecule has 2 rings (SSSR count). The van der Waals surface area contributed by atoms with Crippen molar-refractivity contribution in [2.45, 2.75) is 25.8 Å². The number of hydrogen-bond acceptors (Lipinski definition) is 2. The SMILES string of the molecule is CC(NCCC1CCOC1)c1ccc(Cl)c(Cl)c1. The largest absolute Gasteiger partial charge is 0.381 e. The second-order valence-corrected chi connectivity index (χ2v) is 5.68. The molecule has 2 unspecified atom stereocenters. The van der Waals surface area contributed by atoms with Crippen LogP contribution in [0.3, 0.4) is 0 Å². The number of hydrogen-bond donors (Lipinski definition) is 1. The van der Waals surface area contributed by atoms with Gasteiger partial charge >= 0.3 is 0 Å². The minimum absolute atomic E-state index is 0.294. The Morgan fingerprint density at radius 1 is 1.39 bits per heavy atom. The van der Waals surface area contributed by atoms with Crippen LogP contribution in [0.15, 0.2) is 18.2 Å². The minimum atomic E-state index is 0.294. The van der Waals surface area contributed by atoms with Crippen molar-refractivity contribution in [3.8, 4) is 0 Å². The predicted octanol–water partition coefficient (Wildman–Crippen LogP) is 4.07. The van der Waals surface area contributed by atoms with Gasteiger partial charge in [-0.3, -0.25) is 0 Å². The zero-order chi connectivity index (χ0) is 13.0. The molecule has 1 saturated heterocycles. The van der Waals surface area contributed by atoms with Gasteiger partial charge in [0, 0.05) is 19.3 Å². The summed E-state index contributed by atoms with van der Waals surface area (Å²) in [5, 5.41) is 4.74. The Bertz CT molecular complexity index is 391. The van der Waals surface area contributed by atoms with E-state index >= 15 is 0 Å². The summed E-state index contributed by atoms with van der Waals surface area (Å²) < 4.78 is 5.37.